The van der Waals surface area contributed by atoms with Crippen LogP contribution in [0.15, 0.2) is 35.7 Å². The van der Waals surface area contributed by atoms with Crippen LogP contribution >= 0.6 is 22.9 Å². The highest BCUT2D eigenvalue weighted by molar-refractivity contribution is 7.09. The third-order valence-electron chi connectivity index (χ3n) is 3.96. The Labute approximate surface area is 148 Å². The lowest BCUT2D eigenvalue weighted by Gasteiger charge is -2.17. The Hall–Kier alpha value is -1.92. The number of hydrogen-bond donors (Lipinski definition) is 1. The molecule has 1 fully saturated rings. The number of carbonyl (C=O) groups excluding carboxylic acids is 2. The molecule has 0 aliphatic carbocycles. The van der Waals surface area contributed by atoms with Crippen LogP contribution in [-0.2, 0) is 16.0 Å². The van der Waals surface area contributed by atoms with Crippen LogP contribution in [0.2, 0.25) is 5.02 Å². The van der Waals surface area contributed by atoms with Crippen molar-refractivity contribution in [1.82, 2.24) is 5.32 Å². The first-order chi connectivity index (χ1) is 11.5. The van der Waals surface area contributed by atoms with Gasteiger partial charge in [-0.3, -0.25) is 9.59 Å². The highest BCUT2D eigenvalue weighted by Gasteiger charge is 2.35. The molecule has 0 saturated carbocycles. The molecule has 7 heteroatoms. The number of amides is 2. The smallest absolute Gasteiger partial charge is 0.227 e. The molecule has 0 spiro atoms. The lowest BCUT2D eigenvalue weighted by atomic mass is 10.1. The van der Waals surface area contributed by atoms with Crippen molar-refractivity contribution in [2.24, 2.45) is 5.92 Å². The number of thiophene rings is 1. The third-order valence-corrected chi connectivity index (χ3v) is 5.19. The summed E-state index contributed by atoms with van der Waals surface area (Å²) in [5, 5.41) is 4.84. The maximum atomic E-state index is 13.2. The van der Waals surface area contributed by atoms with Crippen LogP contribution in [-0.4, -0.2) is 24.9 Å². The molecular weight excluding hydrogens is 351 g/mol. The zero-order valence-corrected chi connectivity index (χ0v) is 14.4. The maximum absolute atomic E-state index is 13.2. The Kier molecular flexibility index (Phi) is 5.16. The number of hydrogen-bond acceptors (Lipinski definition) is 3. The molecule has 4 nitrogen and oxygen atoms in total. The van der Waals surface area contributed by atoms with Crippen molar-refractivity contribution in [2.45, 2.75) is 12.8 Å². The van der Waals surface area contributed by atoms with Gasteiger partial charge >= 0.3 is 0 Å². The molecule has 1 aromatic heterocycles. The van der Waals surface area contributed by atoms with E-state index < -0.39 is 11.7 Å². The van der Waals surface area contributed by atoms with E-state index >= 15 is 0 Å². The van der Waals surface area contributed by atoms with Gasteiger partial charge in [0, 0.05) is 30.1 Å². The van der Waals surface area contributed by atoms with Crippen molar-refractivity contribution < 1.29 is 14.0 Å². The van der Waals surface area contributed by atoms with Crippen molar-refractivity contribution in [3.05, 3.63) is 51.4 Å². The van der Waals surface area contributed by atoms with E-state index in [1.807, 2.05) is 17.5 Å². The SMILES string of the molecule is O=C(NCCc1cccs1)[C@H]1CC(=O)N(c2ccc(F)c(Cl)c2)C1. The van der Waals surface area contributed by atoms with Gasteiger partial charge in [-0.25, -0.2) is 4.39 Å². The van der Waals surface area contributed by atoms with Gasteiger partial charge in [0.25, 0.3) is 0 Å². The zero-order valence-electron chi connectivity index (χ0n) is 12.8. The maximum Gasteiger partial charge on any atom is 0.227 e. The predicted molar refractivity (Wildman–Crippen MR) is 92.9 cm³/mol. The normalized spacial score (nSPS) is 17.3. The minimum Gasteiger partial charge on any atom is -0.355 e. The summed E-state index contributed by atoms with van der Waals surface area (Å²) in [5.74, 6) is -1.22. The summed E-state index contributed by atoms with van der Waals surface area (Å²) in [6.45, 7) is 0.831. The van der Waals surface area contributed by atoms with Gasteiger partial charge in [0.1, 0.15) is 5.82 Å². The minimum absolute atomic E-state index is 0.0378. The summed E-state index contributed by atoms with van der Waals surface area (Å²) in [4.78, 5) is 27.1. The molecule has 1 saturated heterocycles. The van der Waals surface area contributed by atoms with Crippen molar-refractivity contribution in [1.29, 1.82) is 0 Å². The fourth-order valence-electron chi connectivity index (χ4n) is 2.69. The second kappa shape index (κ2) is 7.32. The summed E-state index contributed by atoms with van der Waals surface area (Å²) < 4.78 is 13.2. The van der Waals surface area contributed by atoms with Gasteiger partial charge in [0.05, 0.1) is 10.9 Å². The average Bonchev–Trinajstić information content (AvgIpc) is 3.20. The van der Waals surface area contributed by atoms with E-state index in [4.69, 9.17) is 11.6 Å². The molecule has 2 amide bonds. The number of carbonyl (C=O) groups is 2. The van der Waals surface area contributed by atoms with Gasteiger partial charge in [0.2, 0.25) is 11.8 Å². The Morgan fingerprint density at radius 2 is 2.25 bits per heavy atom. The van der Waals surface area contributed by atoms with E-state index in [1.54, 1.807) is 11.3 Å². The van der Waals surface area contributed by atoms with Gasteiger partial charge in [-0.1, -0.05) is 17.7 Å². The van der Waals surface area contributed by atoms with Crippen LogP contribution < -0.4 is 10.2 Å². The fraction of sp³-hybridized carbons (Fsp3) is 0.294. The van der Waals surface area contributed by atoms with E-state index in [2.05, 4.69) is 5.32 Å². The quantitative estimate of drug-likeness (QED) is 0.883. The molecule has 2 heterocycles. The van der Waals surface area contributed by atoms with E-state index in [9.17, 15) is 14.0 Å². The number of halogens is 2. The molecule has 0 bridgehead atoms. The Balaban J connectivity index is 1.57. The number of nitrogens with one attached hydrogen (secondary N) is 1. The largest absolute Gasteiger partial charge is 0.355 e. The lowest BCUT2D eigenvalue weighted by Crippen LogP contribution is -2.34. The van der Waals surface area contributed by atoms with E-state index in [1.165, 1.54) is 28.0 Å². The molecule has 0 unspecified atom stereocenters. The number of nitrogens with zero attached hydrogens (tertiary/aromatic N) is 1. The van der Waals surface area contributed by atoms with E-state index in [0.717, 1.165) is 6.42 Å². The van der Waals surface area contributed by atoms with Gasteiger partial charge < -0.3 is 10.2 Å². The first-order valence-corrected chi connectivity index (χ1v) is 8.86. The van der Waals surface area contributed by atoms with Gasteiger partial charge in [0.15, 0.2) is 0 Å². The third kappa shape index (κ3) is 3.76. The minimum atomic E-state index is -0.532. The Morgan fingerprint density at radius 3 is 2.96 bits per heavy atom. The molecule has 126 valence electrons. The standard InChI is InChI=1S/C17H16ClFN2O2S/c18-14-9-12(3-4-15(14)19)21-10-11(8-16(21)22)17(23)20-6-5-13-2-1-7-24-13/h1-4,7,9,11H,5-6,8,10H2,(H,20,23)/t11-/m0/s1. The Bertz CT molecular complexity index is 751. The lowest BCUT2D eigenvalue weighted by molar-refractivity contribution is -0.126. The van der Waals surface area contributed by atoms with Gasteiger partial charge in [-0.2, -0.15) is 0 Å². The van der Waals surface area contributed by atoms with Crippen LogP contribution in [0.5, 0.6) is 0 Å². The average molecular weight is 367 g/mol. The molecule has 1 aromatic carbocycles. The summed E-state index contributed by atoms with van der Waals surface area (Å²) in [5.41, 5.74) is 0.514. The first kappa shape index (κ1) is 16.9. The van der Waals surface area contributed by atoms with Crippen molar-refractivity contribution in [3.63, 3.8) is 0 Å². The van der Waals surface area contributed by atoms with E-state index in [0.29, 0.717) is 12.2 Å². The zero-order chi connectivity index (χ0) is 17.1. The van der Waals surface area contributed by atoms with Crippen molar-refractivity contribution in [2.75, 3.05) is 18.0 Å². The summed E-state index contributed by atoms with van der Waals surface area (Å²) in [7, 11) is 0. The second-order valence-electron chi connectivity index (χ2n) is 5.62. The van der Waals surface area contributed by atoms with Crippen molar-refractivity contribution >= 4 is 40.4 Å². The molecular formula is C17H16ClFN2O2S. The van der Waals surface area contributed by atoms with Crippen LogP contribution in [0.3, 0.4) is 0 Å². The molecule has 3 rings (SSSR count). The van der Waals surface area contributed by atoms with Gasteiger partial charge in [-0.15, -0.1) is 11.3 Å². The molecule has 0 radical (unpaired) electrons. The fourth-order valence-corrected chi connectivity index (χ4v) is 3.58. The summed E-state index contributed by atoms with van der Waals surface area (Å²) >= 11 is 7.42. The summed E-state index contributed by atoms with van der Waals surface area (Å²) in [6, 6.07) is 8.13. The van der Waals surface area contributed by atoms with Crippen LogP contribution in [0.1, 0.15) is 11.3 Å². The van der Waals surface area contributed by atoms with Crippen molar-refractivity contribution in [3.8, 4) is 0 Å². The summed E-state index contributed by atoms with van der Waals surface area (Å²) in [6.07, 6.45) is 0.932. The monoisotopic (exact) mass is 366 g/mol. The van der Waals surface area contributed by atoms with Crippen LogP contribution in [0.4, 0.5) is 10.1 Å². The molecule has 1 atom stereocenters. The molecule has 2 aromatic rings. The molecule has 1 aliphatic rings. The van der Waals surface area contributed by atoms with Crippen LogP contribution in [0.25, 0.3) is 0 Å². The molecule has 1 N–H and O–H groups in total. The van der Waals surface area contributed by atoms with E-state index in [-0.39, 0.29) is 29.8 Å². The predicted octanol–water partition coefficient (Wildman–Crippen LogP) is 3.25. The molecule has 1 aliphatic heterocycles. The van der Waals surface area contributed by atoms with Gasteiger partial charge in [-0.05, 0) is 36.1 Å². The number of benzene rings is 1. The number of rotatable bonds is 5. The molecule has 24 heavy (non-hydrogen) atoms. The second-order valence-corrected chi connectivity index (χ2v) is 7.06. The topological polar surface area (TPSA) is 49.4 Å². The number of anilines is 1. The Morgan fingerprint density at radius 1 is 1.42 bits per heavy atom. The highest BCUT2D eigenvalue weighted by Crippen LogP contribution is 2.28. The van der Waals surface area contributed by atoms with Crippen LogP contribution in [0, 0.1) is 11.7 Å². The highest BCUT2D eigenvalue weighted by atomic mass is 35.5. The first-order valence-electron chi connectivity index (χ1n) is 7.60.